The van der Waals surface area contributed by atoms with Gasteiger partial charge >= 0.3 is 0 Å². The fourth-order valence-electron chi connectivity index (χ4n) is 0.883. The molecule has 11 heavy (non-hydrogen) atoms. The van der Waals surface area contributed by atoms with E-state index in [-0.39, 0.29) is 17.2 Å². The molecule has 1 heteroatoms. The Morgan fingerprint density at radius 1 is 1.27 bits per heavy atom. The third kappa shape index (κ3) is 1.97. The Hall–Kier alpha value is -0.980. The summed E-state index contributed by atoms with van der Waals surface area (Å²) in [6, 6.07) is 5.33. The van der Waals surface area contributed by atoms with Crippen molar-refractivity contribution in [3.63, 3.8) is 0 Å². The summed E-state index contributed by atoms with van der Waals surface area (Å²) in [5, 5.41) is 9.12. The highest BCUT2D eigenvalue weighted by Gasteiger charge is 2.12. The highest BCUT2D eigenvalue weighted by Crippen LogP contribution is 2.23. The van der Waals surface area contributed by atoms with Gasteiger partial charge in [-0.15, -0.1) is 0 Å². The number of hydrogen-bond donors (Lipinski definition) is 1. The van der Waals surface area contributed by atoms with E-state index in [1.807, 2.05) is 6.07 Å². The summed E-state index contributed by atoms with van der Waals surface area (Å²) in [6.07, 6.45) is 0. The van der Waals surface area contributed by atoms with Crippen LogP contribution in [0.25, 0.3) is 0 Å². The van der Waals surface area contributed by atoms with E-state index in [0.717, 1.165) is 5.56 Å². The second-order valence-corrected chi connectivity index (χ2v) is 3.71. The maximum Gasteiger partial charge on any atom is 0.115 e. The smallest absolute Gasteiger partial charge is 0.115 e. The molecule has 0 amide bonds. The topological polar surface area (TPSA) is 20.2 Å². The van der Waals surface area contributed by atoms with Gasteiger partial charge in [-0.05, 0) is 23.1 Å². The van der Waals surface area contributed by atoms with Gasteiger partial charge in [0.05, 0.1) is 1.37 Å². The van der Waals surface area contributed by atoms with Gasteiger partial charge in [0, 0.05) is 0 Å². The van der Waals surface area contributed by atoms with E-state index in [1.165, 1.54) is 0 Å². The lowest BCUT2D eigenvalue weighted by Gasteiger charge is -2.18. The first kappa shape index (κ1) is 6.71. The summed E-state index contributed by atoms with van der Waals surface area (Å²) in [5.41, 5.74) is 1.12. The lowest BCUT2D eigenvalue weighted by Crippen LogP contribution is -2.10. The van der Waals surface area contributed by atoms with Crippen LogP contribution >= 0.6 is 0 Å². The molecule has 0 aliphatic rings. The molecule has 1 N–H and O–H groups in total. The van der Waals surface area contributed by atoms with Crippen molar-refractivity contribution in [2.24, 2.45) is 0 Å². The van der Waals surface area contributed by atoms with E-state index in [1.54, 1.807) is 12.1 Å². The lowest BCUT2D eigenvalue weighted by atomic mass is 9.87. The summed E-state index contributed by atoms with van der Waals surface area (Å²) in [6.45, 7) is 6.25. The minimum atomic E-state index is 0.0444. The van der Waals surface area contributed by atoms with Crippen LogP contribution in [0.4, 0.5) is 0 Å². The second kappa shape index (κ2) is 2.57. The van der Waals surface area contributed by atoms with Gasteiger partial charge in [-0.25, -0.2) is 0 Å². The predicted molar refractivity (Wildman–Crippen MR) is 46.8 cm³/mol. The SMILES string of the molecule is [2H]c1cc(C(C)(C)C)ccc1O. The molecule has 0 saturated carbocycles. The van der Waals surface area contributed by atoms with Gasteiger partial charge < -0.3 is 5.11 Å². The molecule has 60 valence electrons. The minimum absolute atomic E-state index is 0.0444. The highest BCUT2D eigenvalue weighted by molar-refractivity contribution is 5.29. The molecule has 1 nitrogen and oxygen atoms in total. The van der Waals surface area contributed by atoms with Crippen LogP contribution in [-0.4, -0.2) is 5.11 Å². The molecule has 1 rings (SSSR count). The summed E-state index contributed by atoms with van der Waals surface area (Å²) in [7, 11) is 0. The molecular formula is C10H14O. The van der Waals surface area contributed by atoms with Crippen molar-refractivity contribution in [3.05, 3.63) is 29.8 Å². The maximum atomic E-state index is 9.12. The van der Waals surface area contributed by atoms with E-state index in [2.05, 4.69) is 20.8 Å². The molecule has 0 saturated heterocycles. The van der Waals surface area contributed by atoms with E-state index < -0.39 is 0 Å². The zero-order valence-corrected chi connectivity index (χ0v) is 7.18. The van der Waals surface area contributed by atoms with Crippen molar-refractivity contribution < 1.29 is 6.48 Å². The Bertz CT molecular complexity index is 286. The quantitative estimate of drug-likeness (QED) is 0.604. The molecule has 0 aromatic heterocycles. The molecular weight excluding hydrogens is 136 g/mol. The van der Waals surface area contributed by atoms with Gasteiger partial charge in [0.2, 0.25) is 0 Å². The number of rotatable bonds is 0. The average Bonchev–Trinajstić information content (AvgIpc) is 1.92. The van der Waals surface area contributed by atoms with Crippen LogP contribution in [0.1, 0.15) is 27.7 Å². The van der Waals surface area contributed by atoms with Gasteiger partial charge in [0.1, 0.15) is 5.75 Å². The Morgan fingerprint density at radius 2 is 1.91 bits per heavy atom. The van der Waals surface area contributed by atoms with Crippen LogP contribution in [0.5, 0.6) is 5.75 Å². The standard InChI is InChI=1S/C10H14O/c1-10(2,3)8-4-6-9(11)7-5-8/h4-7,11H,1-3H3/i6D. The van der Waals surface area contributed by atoms with Crippen molar-refractivity contribution in [1.82, 2.24) is 0 Å². The van der Waals surface area contributed by atoms with E-state index in [4.69, 9.17) is 6.48 Å². The summed E-state index contributed by atoms with van der Waals surface area (Å²) in [4.78, 5) is 0. The fraction of sp³-hybridized carbons (Fsp3) is 0.400. The Morgan fingerprint density at radius 3 is 2.36 bits per heavy atom. The molecule has 0 fully saturated rings. The van der Waals surface area contributed by atoms with Crippen LogP contribution < -0.4 is 0 Å². The monoisotopic (exact) mass is 151 g/mol. The van der Waals surface area contributed by atoms with Crippen molar-refractivity contribution >= 4 is 0 Å². The summed E-state index contributed by atoms with van der Waals surface area (Å²) in [5.74, 6) is 0.0444. The zero-order chi connectivity index (χ0) is 9.35. The third-order valence-corrected chi connectivity index (χ3v) is 1.66. The molecule has 0 aliphatic carbocycles. The van der Waals surface area contributed by atoms with Crippen LogP contribution in [0.3, 0.4) is 0 Å². The number of benzene rings is 1. The van der Waals surface area contributed by atoms with Crippen molar-refractivity contribution in [2.75, 3.05) is 0 Å². The largest absolute Gasteiger partial charge is 0.508 e. The molecule has 0 atom stereocenters. The predicted octanol–water partition coefficient (Wildman–Crippen LogP) is 2.69. The van der Waals surface area contributed by atoms with Crippen LogP contribution in [-0.2, 0) is 5.41 Å². The first-order chi connectivity index (χ1) is 5.41. The molecule has 0 spiro atoms. The Kier molecular flexibility index (Phi) is 1.57. The van der Waals surface area contributed by atoms with Gasteiger partial charge in [0.25, 0.3) is 0 Å². The van der Waals surface area contributed by atoms with E-state index >= 15 is 0 Å². The first-order valence-electron chi connectivity index (χ1n) is 4.21. The third-order valence-electron chi connectivity index (χ3n) is 1.66. The number of aromatic hydroxyl groups is 1. The van der Waals surface area contributed by atoms with Crippen LogP contribution in [0, 0.1) is 0 Å². The Labute approximate surface area is 69.1 Å². The van der Waals surface area contributed by atoms with Crippen molar-refractivity contribution in [2.45, 2.75) is 26.2 Å². The van der Waals surface area contributed by atoms with Gasteiger partial charge in [-0.3, -0.25) is 0 Å². The normalized spacial score (nSPS) is 12.8. The molecule has 0 heterocycles. The number of phenols is 1. The van der Waals surface area contributed by atoms with E-state index in [0.29, 0.717) is 0 Å². The first-order valence-corrected chi connectivity index (χ1v) is 3.71. The molecule has 0 unspecified atom stereocenters. The zero-order valence-electron chi connectivity index (χ0n) is 8.18. The number of hydrogen-bond acceptors (Lipinski definition) is 1. The number of phenolic OH excluding ortho intramolecular Hbond substituents is 1. The van der Waals surface area contributed by atoms with Crippen LogP contribution in [0.2, 0.25) is 0 Å². The summed E-state index contributed by atoms with van der Waals surface area (Å²) < 4.78 is 7.39. The van der Waals surface area contributed by atoms with Gasteiger partial charge in [-0.2, -0.15) is 0 Å². The Balaban J connectivity index is 3.14. The molecule has 0 bridgehead atoms. The van der Waals surface area contributed by atoms with Gasteiger partial charge in [-0.1, -0.05) is 32.9 Å². The molecule has 1 aromatic rings. The molecule has 1 aromatic carbocycles. The maximum absolute atomic E-state index is 9.12. The fourth-order valence-corrected chi connectivity index (χ4v) is 0.883. The average molecular weight is 151 g/mol. The van der Waals surface area contributed by atoms with Crippen molar-refractivity contribution in [1.29, 1.82) is 0 Å². The highest BCUT2D eigenvalue weighted by atomic mass is 16.3. The summed E-state index contributed by atoms with van der Waals surface area (Å²) >= 11 is 0. The van der Waals surface area contributed by atoms with Crippen molar-refractivity contribution in [3.8, 4) is 5.75 Å². The second-order valence-electron chi connectivity index (χ2n) is 3.71. The van der Waals surface area contributed by atoms with Crippen LogP contribution in [0.15, 0.2) is 24.2 Å². The molecule has 0 radical (unpaired) electrons. The molecule has 0 aliphatic heterocycles. The van der Waals surface area contributed by atoms with Gasteiger partial charge in [0.15, 0.2) is 0 Å². The lowest BCUT2D eigenvalue weighted by molar-refractivity contribution is 0.474. The minimum Gasteiger partial charge on any atom is -0.508 e. The van der Waals surface area contributed by atoms with E-state index in [9.17, 15) is 0 Å².